The van der Waals surface area contributed by atoms with E-state index in [2.05, 4.69) is 12.2 Å². The topological polar surface area (TPSA) is 37.3 Å². The lowest BCUT2D eigenvalue weighted by molar-refractivity contribution is 0.464. The van der Waals surface area contributed by atoms with Crippen molar-refractivity contribution in [2.75, 3.05) is 0 Å². The van der Waals surface area contributed by atoms with E-state index in [1.54, 1.807) is 12.4 Å². The number of allylic oxidation sites excluding steroid dienone is 5. The third-order valence-corrected chi connectivity index (χ3v) is 3.09. The van der Waals surface area contributed by atoms with Crippen LogP contribution in [-0.2, 0) is 17.6 Å². The van der Waals surface area contributed by atoms with Crippen molar-refractivity contribution in [2.45, 2.75) is 40.5 Å². The molecule has 0 unspecified atom stereocenters. The zero-order valence-electron chi connectivity index (χ0n) is 13.2. The summed E-state index contributed by atoms with van der Waals surface area (Å²) in [7, 11) is 0. The molecule has 0 saturated carbocycles. The number of hydrogen-bond donors (Lipinski definition) is 1. The molecule has 0 aromatic heterocycles. The first-order valence-corrected chi connectivity index (χ1v) is 7.09. The predicted molar refractivity (Wildman–Crippen MR) is 89.1 cm³/mol. The summed E-state index contributed by atoms with van der Waals surface area (Å²) in [5, 5.41) is 10.4. The van der Waals surface area contributed by atoms with E-state index in [1.165, 1.54) is 17.2 Å². The van der Waals surface area contributed by atoms with Gasteiger partial charge in [-0.3, -0.25) is 4.79 Å². The molecule has 0 spiro atoms. The second-order valence-corrected chi connectivity index (χ2v) is 5.61. The molecule has 1 radical (unpaired) electrons. The molecule has 0 atom stereocenters. The van der Waals surface area contributed by atoms with Gasteiger partial charge in [-0.25, -0.2) is 0 Å². The highest BCUT2D eigenvalue weighted by Crippen LogP contribution is 2.27. The molecule has 2 heteroatoms. The summed E-state index contributed by atoms with van der Waals surface area (Å²) in [5.74, 6) is 0.345. The molecule has 2 nitrogen and oxygen atoms in total. The van der Waals surface area contributed by atoms with Crippen molar-refractivity contribution in [3.63, 3.8) is 0 Å². The molecule has 0 fully saturated rings. The number of hydrogen-bond acceptors (Lipinski definition) is 2. The van der Waals surface area contributed by atoms with E-state index in [-0.39, 0.29) is 0 Å². The first-order valence-electron chi connectivity index (χ1n) is 7.09. The Bertz CT molecular complexity index is 541. The lowest BCUT2D eigenvalue weighted by Crippen LogP contribution is -1.93. The molecular formula is C19H23O2. The fourth-order valence-corrected chi connectivity index (χ4v) is 1.95. The predicted octanol–water partition coefficient (Wildman–Crippen LogP) is 4.53. The number of carbonyl (C=O) groups excluding carboxylic acids is 1. The molecule has 0 amide bonds. The number of aromatic hydroxyl groups is 1. The SMILES string of the molecule is CC(C)=CCc1cc(/C=C/[C]=O)cc(CC=C(C)C)c1O. The average Bonchev–Trinajstić information content (AvgIpc) is 2.43. The van der Waals surface area contributed by atoms with Crippen molar-refractivity contribution in [3.8, 4) is 5.75 Å². The van der Waals surface area contributed by atoms with Crippen molar-refractivity contribution in [1.29, 1.82) is 0 Å². The van der Waals surface area contributed by atoms with Crippen LogP contribution in [0.15, 0.2) is 41.5 Å². The number of phenolic OH excluding ortho intramolecular Hbond substituents is 1. The summed E-state index contributed by atoms with van der Waals surface area (Å²) in [4.78, 5) is 10.4. The smallest absolute Gasteiger partial charge is 0.225 e. The van der Waals surface area contributed by atoms with E-state index >= 15 is 0 Å². The maximum Gasteiger partial charge on any atom is 0.225 e. The van der Waals surface area contributed by atoms with Gasteiger partial charge in [0, 0.05) is 0 Å². The third-order valence-electron chi connectivity index (χ3n) is 3.09. The van der Waals surface area contributed by atoms with E-state index < -0.39 is 0 Å². The second-order valence-electron chi connectivity index (χ2n) is 5.61. The Hall–Kier alpha value is -2.09. The van der Waals surface area contributed by atoms with Gasteiger partial charge in [0.1, 0.15) is 5.75 Å². The molecule has 1 aromatic carbocycles. The number of rotatable bonds is 6. The van der Waals surface area contributed by atoms with E-state index in [1.807, 2.05) is 39.8 Å². The summed E-state index contributed by atoms with van der Waals surface area (Å²) >= 11 is 0. The standard InChI is InChI=1S/C19H23O2/c1-14(2)7-9-17-12-16(6-5-11-20)13-18(19(17)21)10-8-15(3)4/h5-8,12-13,21H,9-10H2,1-4H3/b6-5+. The van der Waals surface area contributed by atoms with Crippen LogP contribution >= 0.6 is 0 Å². The van der Waals surface area contributed by atoms with Gasteiger partial charge < -0.3 is 5.11 Å². The Balaban J connectivity index is 3.24. The largest absolute Gasteiger partial charge is 0.507 e. The molecule has 0 aliphatic rings. The van der Waals surface area contributed by atoms with Gasteiger partial charge in [-0.2, -0.15) is 0 Å². The van der Waals surface area contributed by atoms with Crippen LogP contribution in [0.1, 0.15) is 44.4 Å². The van der Waals surface area contributed by atoms with Gasteiger partial charge in [0.2, 0.25) is 6.29 Å². The Morgan fingerprint density at radius 3 is 1.90 bits per heavy atom. The molecule has 0 bridgehead atoms. The van der Waals surface area contributed by atoms with Crippen LogP contribution < -0.4 is 0 Å². The molecule has 1 N–H and O–H groups in total. The molecule has 0 aliphatic carbocycles. The maximum absolute atomic E-state index is 10.4. The lowest BCUT2D eigenvalue weighted by Gasteiger charge is -2.10. The Kier molecular flexibility index (Phi) is 6.67. The van der Waals surface area contributed by atoms with Crippen LogP contribution in [0.2, 0.25) is 0 Å². The Morgan fingerprint density at radius 1 is 1.05 bits per heavy atom. The second kappa shape index (κ2) is 8.25. The minimum atomic E-state index is 0.345. The summed E-state index contributed by atoms with van der Waals surface area (Å²) in [6.45, 7) is 8.14. The first-order chi connectivity index (χ1) is 9.93. The number of benzene rings is 1. The van der Waals surface area contributed by atoms with Crippen LogP contribution in [-0.4, -0.2) is 11.4 Å². The molecule has 0 saturated heterocycles. The zero-order chi connectivity index (χ0) is 15.8. The van der Waals surface area contributed by atoms with Gasteiger partial charge in [0.15, 0.2) is 0 Å². The van der Waals surface area contributed by atoms with Crippen molar-refractivity contribution < 1.29 is 9.90 Å². The highest BCUT2D eigenvalue weighted by atomic mass is 16.3. The quantitative estimate of drug-likeness (QED) is 0.615. The van der Waals surface area contributed by atoms with E-state index in [0.717, 1.165) is 16.7 Å². The van der Waals surface area contributed by atoms with Gasteiger partial charge >= 0.3 is 0 Å². The highest BCUT2D eigenvalue weighted by Gasteiger charge is 2.08. The van der Waals surface area contributed by atoms with Crippen molar-refractivity contribution in [1.82, 2.24) is 0 Å². The fraction of sp³-hybridized carbons (Fsp3) is 0.316. The van der Waals surface area contributed by atoms with Gasteiger partial charge in [-0.15, -0.1) is 0 Å². The van der Waals surface area contributed by atoms with Gasteiger partial charge in [-0.05, 0) is 75.4 Å². The summed E-state index contributed by atoms with van der Waals surface area (Å²) in [6.07, 6.45) is 10.3. The monoisotopic (exact) mass is 283 g/mol. The van der Waals surface area contributed by atoms with Gasteiger partial charge in [-0.1, -0.05) is 29.4 Å². The molecular weight excluding hydrogens is 260 g/mol. The molecule has 0 heterocycles. The van der Waals surface area contributed by atoms with Crippen LogP contribution in [0.3, 0.4) is 0 Å². The summed E-state index contributed by atoms with van der Waals surface area (Å²) in [5.41, 5.74) is 5.08. The zero-order valence-corrected chi connectivity index (χ0v) is 13.2. The number of phenols is 1. The Labute approximate surface area is 127 Å². The van der Waals surface area contributed by atoms with Crippen molar-refractivity contribution in [2.24, 2.45) is 0 Å². The van der Waals surface area contributed by atoms with Gasteiger partial charge in [0.05, 0.1) is 0 Å². The highest BCUT2D eigenvalue weighted by molar-refractivity contribution is 5.75. The minimum absolute atomic E-state index is 0.345. The van der Waals surface area contributed by atoms with Crippen LogP contribution in [0.4, 0.5) is 0 Å². The third kappa shape index (κ3) is 5.82. The van der Waals surface area contributed by atoms with Gasteiger partial charge in [0.25, 0.3) is 0 Å². The van der Waals surface area contributed by atoms with E-state index in [9.17, 15) is 9.90 Å². The van der Waals surface area contributed by atoms with Crippen LogP contribution in [0, 0.1) is 0 Å². The molecule has 21 heavy (non-hydrogen) atoms. The summed E-state index contributed by atoms with van der Waals surface area (Å²) in [6, 6.07) is 3.82. The van der Waals surface area contributed by atoms with E-state index in [0.29, 0.717) is 18.6 Å². The normalized spacial score (nSPS) is 10.5. The first kappa shape index (κ1) is 17.0. The average molecular weight is 283 g/mol. The minimum Gasteiger partial charge on any atom is -0.507 e. The molecule has 1 aromatic rings. The van der Waals surface area contributed by atoms with Crippen LogP contribution in [0.25, 0.3) is 6.08 Å². The van der Waals surface area contributed by atoms with E-state index in [4.69, 9.17) is 0 Å². The lowest BCUT2D eigenvalue weighted by atomic mass is 9.98. The summed E-state index contributed by atoms with van der Waals surface area (Å²) < 4.78 is 0. The molecule has 0 aliphatic heterocycles. The van der Waals surface area contributed by atoms with Crippen molar-refractivity contribution >= 4 is 12.4 Å². The maximum atomic E-state index is 10.4. The fourth-order valence-electron chi connectivity index (χ4n) is 1.95. The molecule has 1 rings (SSSR count). The Morgan fingerprint density at radius 2 is 1.52 bits per heavy atom. The van der Waals surface area contributed by atoms with Crippen LogP contribution in [0.5, 0.6) is 5.75 Å². The van der Waals surface area contributed by atoms with Crippen molar-refractivity contribution in [3.05, 3.63) is 58.2 Å². The molecule has 111 valence electrons.